The summed E-state index contributed by atoms with van der Waals surface area (Å²) in [5, 5.41) is 7.56. The van der Waals surface area contributed by atoms with Gasteiger partial charge in [0.25, 0.3) is 0 Å². The molecule has 1 heterocycles. The molecule has 0 saturated heterocycles. The van der Waals surface area contributed by atoms with Gasteiger partial charge in [-0.1, -0.05) is 6.92 Å². The van der Waals surface area contributed by atoms with E-state index in [9.17, 15) is 8.42 Å². The van der Waals surface area contributed by atoms with Gasteiger partial charge in [0, 0.05) is 24.8 Å². The van der Waals surface area contributed by atoms with Crippen molar-refractivity contribution in [2.75, 3.05) is 6.54 Å². The smallest absolute Gasteiger partial charge is 0.243 e. The summed E-state index contributed by atoms with van der Waals surface area (Å²) in [5.41, 5.74) is 0. The summed E-state index contributed by atoms with van der Waals surface area (Å²) >= 11 is 0. The molecule has 2 aliphatic rings. The van der Waals surface area contributed by atoms with Gasteiger partial charge in [0.2, 0.25) is 10.0 Å². The third kappa shape index (κ3) is 3.59. The van der Waals surface area contributed by atoms with E-state index in [1.54, 1.807) is 10.9 Å². The summed E-state index contributed by atoms with van der Waals surface area (Å²) in [7, 11) is -3.39. The van der Waals surface area contributed by atoms with Crippen LogP contribution in [0.1, 0.15) is 32.6 Å². The van der Waals surface area contributed by atoms with E-state index in [4.69, 9.17) is 0 Å². The lowest BCUT2D eigenvalue weighted by atomic mass is 10.4. The van der Waals surface area contributed by atoms with Crippen molar-refractivity contribution in [2.24, 2.45) is 5.92 Å². The highest BCUT2D eigenvalue weighted by molar-refractivity contribution is 7.89. The van der Waals surface area contributed by atoms with Crippen LogP contribution in [0.5, 0.6) is 0 Å². The topological polar surface area (TPSA) is 76.0 Å². The van der Waals surface area contributed by atoms with Crippen LogP contribution in [-0.4, -0.2) is 36.8 Å². The molecule has 2 fully saturated rings. The zero-order chi connectivity index (χ0) is 14.2. The van der Waals surface area contributed by atoms with Crippen LogP contribution in [0.2, 0.25) is 0 Å². The molecule has 2 saturated carbocycles. The maximum Gasteiger partial charge on any atom is 0.243 e. The van der Waals surface area contributed by atoms with Crippen LogP contribution in [0.4, 0.5) is 0 Å². The Kier molecular flexibility index (Phi) is 3.83. The minimum absolute atomic E-state index is 0.103. The molecule has 7 heteroatoms. The Morgan fingerprint density at radius 2 is 2.20 bits per heavy atom. The van der Waals surface area contributed by atoms with Crippen LogP contribution in [0.25, 0.3) is 0 Å². The highest BCUT2D eigenvalue weighted by Crippen LogP contribution is 2.30. The van der Waals surface area contributed by atoms with Crippen molar-refractivity contribution >= 4 is 10.0 Å². The van der Waals surface area contributed by atoms with Crippen LogP contribution in [0.15, 0.2) is 17.3 Å². The van der Waals surface area contributed by atoms with Crippen LogP contribution < -0.4 is 10.0 Å². The highest BCUT2D eigenvalue weighted by Gasteiger charge is 2.36. The summed E-state index contributed by atoms with van der Waals surface area (Å²) in [6.45, 7) is 3.75. The Balaban J connectivity index is 1.49. The molecule has 2 aliphatic carbocycles. The van der Waals surface area contributed by atoms with E-state index in [1.807, 2.05) is 6.92 Å². The van der Waals surface area contributed by atoms with Crippen molar-refractivity contribution in [3.63, 3.8) is 0 Å². The lowest BCUT2D eigenvalue weighted by Crippen LogP contribution is -2.26. The first-order valence-corrected chi connectivity index (χ1v) is 8.81. The van der Waals surface area contributed by atoms with Crippen molar-refractivity contribution in [1.29, 1.82) is 0 Å². The first-order chi connectivity index (χ1) is 9.54. The molecule has 6 nitrogen and oxygen atoms in total. The van der Waals surface area contributed by atoms with E-state index in [0.717, 1.165) is 25.9 Å². The van der Waals surface area contributed by atoms with Crippen molar-refractivity contribution < 1.29 is 8.42 Å². The number of hydrogen-bond acceptors (Lipinski definition) is 4. The van der Waals surface area contributed by atoms with Gasteiger partial charge in [-0.2, -0.15) is 5.10 Å². The summed E-state index contributed by atoms with van der Waals surface area (Å²) in [4.78, 5) is 0.270. The van der Waals surface area contributed by atoms with E-state index < -0.39 is 10.0 Å². The molecular formula is C13H22N4O2S. The highest BCUT2D eigenvalue weighted by atomic mass is 32.2. The molecule has 0 aliphatic heterocycles. The molecule has 0 radical (unpaired) electrons. The molecule has 2 atom stereocenters. The van der Waals surface area contributed by atoms with Gasteiger partial charge in [-0.25, -0.2) is 13.1 Å². The number of aromatic nitrogens is 2. The lowest BCUT2D eigenvalue weighted by Gasteiger charge is -2.03. The minimum atomic E-state index is -3.39. The Morgan fingerprint density at radius 3 is 2.85 bits per heavy atom. The maximum atomic E-state index is 12.1. The number of nitrogens with zero attached hydrogens (tertiary/aromatic N) is 2. The summed E-state index contributed by atoms with van der Waals surface area (Å²) in [5.74, 6) is 0.452. The van der Waals surface area contributed by atoms with E-state index in [-0.39, 0.29) is 10.9 Å². The zero-order valence-electron chi connectivity index (χ0n) is 11.7. The van der Waals surface area contributed by atoms with Gasteiger partial charge in [-0.05, 0) is 38.1 Å². The Hall–Kier alpha value is -0.920. The first-order valence-electron chi connectivity index (χ1n) is 7.33. The van der Waals surface area contributed by atoms with Gasteiger partial charge >= 0.3 is 0 Å². The number of hydrogen-bond donors (Lipinski definition) is 2. The molecule has 0 spiro atoms. The number of aryl methyl sites for hydroxylation is 1. The van der Waals surface area contributed by atoms with Gasteiger partial charge < -0.3 is 5.32 Å². The van der Waals surface area contributed by atoms with E-state index in [1.165, 1.54) is 19.0 Å². The fourth-order valence-electron chi connectivity index (χ4n) is 2.19. The average molecular weight is 298 g/mol. The van der Waals surface area contributed by atoms with Gasteiger partial charge in [0.15, 0.2) is 0 Å². The van der Waals surface area contributed by atoms with Gasteiger partial charge in [0.05, 0.1) is 6.20 Å². The molecule has 112 valence electrons. The third-order valence-corrected chi connectivity index (χ3v) is 5.35. The molecule has 0 bridgehead atoms. The summed E-state index contributed by atoms with van der Waals surface area (Å²) < 4.78 is 28.6. The second kappa shape index (κ2) is 5.46. The SMILES string of the molecule is CC1CC1NS(=O)(=O)c1cnn(CCCNC2CC2)c1. The molecule has 2 N–H and O–H groups in total. The molecule has 0 aromatic carbocycles. The van der Waals surface area contributed by atoms with E-state index >= 15 is 0 Å². The molecular weight excluding hydrogens is 276 g/mol. The average Bonchev–Trinajstić information content (AvgIpc) is 3.27. The number of nitrogens with one attached hydrogen (secondary N) is 2. The fourth-order valence-corrected chi connectivity index (χ4v) is 3.50. The lowest BCUT2D eigenvalue weighted by molar-refractivity contribution is 0.541. The molecule has 1 aromatic rings. The zero-order valence-corrected chi connectivity index (χ0v) is 12.6. The Bertz CT molecular complexity index is 565. The van der Waals surface area contributed by atoms with Crippen molar-refractivity contribution in [2.45, 2.75) is 56.1 Å². The second-order valence-corrected chi connectivity index (χ2v) is 7.68. The van der Waals surface area contributed by atoms with Gasteiger partial charge in [-0.15, -0.1) is 0 Å². The maximum absolute atomic E-state index is 12.1. The molecule has 1 aromatic heterocycles. The van der Waals surface area contributed by atoms with Gasteiger partial charge in [0.1, 0.15) is 4.90 Å². The standard InChI is InChI=1S/C13H22N4O2S/c1-10-7-13(10)16-20(18,19)12-8-15-17(9-12)6-2-5-14-11-3-4-11/h8-11,13-14,16H,2-7H2,1H3. The quantitative estimate of drug-likeness (QED) is 0.693. The largest absolute Gasteiger partial charge is 0.314 e. The third-order valence-electron chi connectivity index (χ3n) is 3.91. The predicted molar refractivity (Wildman–Crippen MR) is 75.8 cm³/mol. The van der Waals surface area contributed by atoms with Crippen LogP contribution >= 0.6 is 0 Å². The van der Waals surface area contributed by atoms with Crippen molar-refractivity contribution in [3.8, 4) is 0 Å². The Labute approximate surface area is 120 Å². The van der Waals surface area contributed by atoms with Crippen molar-refractivity contribution in [1.82, 2.24) is 19.8 Å². The van der Waals surface area contributed by atoms with Crippen LogP contribution in [0, 0.1) is 5.92 Å². The van der Waals surface area contributed by atoms with E-state index in [0.29, 0.717) is 12.0 Å². The van der Waals surface area contributed by atoms with E-state index in [2.05, 4.69) is 15.1 Å². The summed E-state index contributed by atoms with van der Waals surface area (Å²) in [6, 6.07) is 0.819. The fraction of sp³-hybridized carbons (Fsp3) is 0.769. The van der Waals surface area contributed by atoms with Crippen LogP contribution in [0.3, 0.4) is 0 Å². The second-order valence-electron chi connectivity index (χ2n) is 5.96. The number of rotatable bonds is 8. The minimum Gasteiger partial charge on any atom is -0.314 e. The van der Waals surface area contributed by atoms with Gasteiger partial charge in [-0.3, -0.25) is 4.68 Å². The monoisotopic (exact) mass is 298 g/mol. The predicted octanol–water partition coefficient (Wildman–Crippen LogP) is 0.712. The summed E-state index contributed by atoms with van der Waals surface area (Å²) in [6.07, 6.45) is 7.52. The molecule has 0 amide bonds. The molecule has 3 rings (SSSR count). The number of sulfonamides is 1. The molecule has 2 unspecified atom stereocenters. The first kappa shape index (κ1) is 14.0. The molecule has 20 heavy (non-hydrogen) atoms. The Morgan fingerprint density at radius 1 is 1.45 bits per heavy atom. The van der Waals surface area contributed by atoms with Crippen LogP contribution in [-0.2, 0) is 16.6 Å². The normalized spacial score (nSPS) is 25.9. The van der Waals surface area contributed by atoms with Crippen molar-refractivity contribution in [3.05, 3.63) is 12.4 Å².